The molecule has 3 rings (SSSR count). The first kappa shape index (κ1) is 13.0. The minimum absolute atomic E-state index is 0.0243. The van der Waals surface area contributed by atoms with Gasteiger partial charge in [-0.05, 0) is 12.5 Å². The van der Waals surface area contributed by atoms with Gasteiger partial charge < -0.3 is 4.90 Å². The number of nitrogens with zero attached hydrogens (tertiary/aromatic N) is 1. The van der Waals surface area contributed by atoms with Gasteiger partial charge in [-0.1, -0.05) is 41.6 Å². The number of rotatable bonds is 2. The van der Waals surface area contributed by atoms with Gasteiger partial charge in [-0.2, -0.15) is 0 Å². The van der Waals surface area contributed by atoms with E-state index in [2.05, 4.69) is 0 Å². The Balaban J connectivity index is 1.80. The molecule has 0 aliphatic carbocycles. The average molecular weight is 296 g/mol. The summed E-state index contributed by atoms with van der Waals surface area (Å²) in [5.74, 6) is 0.411. The van der Waals surface area contributed by atoms with Gasteiger partial charge >= 0.3 is 0 Å². The molecule has 2 heterocycles. The molecule has 0 unspecified atom stereocenters. The van der Waals surface area contributed by atoms with Crippen LogP contribution in [-0.2, 0) is 16.4 Å². The van der Waals surface area contributed by atoms with Crippen LogP contribution in [0.4, 0.5) is 0 Å². The molecule has 1 aromatic carbocycles. The van der Waals surface area contributed by atoms with Crippen LogP contribution < -0.4 is 0 Å². The van der Waals surface area contributed by atoms with Gasteiger partial charge in [-0.3, -0.25) is 5.41 Å². The quantitative estimate of drug-likeness (QED) is 0.901. The number of hydrogen-bond acceptors (Lipinski definition) is 4. The molecule has 0 aromatic heterocycles. The summed E-state index contributed by atoms with van der Waals surface area (Å²) in [4.78, 5) is 1.94. The first-order chi connectivity index (χ1) is 8.94. The first-order valence-electron chi connectivity index (χ1n) is 6.22. The molecule has 0 saturated carbocycles. The average Bonchev–Trinajstić information content (AvgIpc) is 2.75. The highest BCUT2D eigenvalue weighted by molar-refractivity contribution is 8.15. The summed E-state index contributed by atoms with van der Waals surface area (Å²) in [5, 5.41) is 8.57. The second-order valence-electron chi connectivity index (χ2n) is 5.22. The predicted molar refractivity (Wildman–Crippen MR) is 78.3 cm³/mol. The monoisotopic (exact) mass is 296 g/mol. The second-order valence-corrected chi connectivity index (χ2v) is 8.60. The third-order valence-corrected chi connectivity index (χ3v) is 6.84. The Hall–Kier alpha value is -1.01. The van der Waals surface area contributed by atoms with Crippen LogP contribution in [0.25, 0.3) is 0 Å². The molecular weight excluding hydrogens is 280 g/mol. The molecule has 0 bridgehead atoms. The van der Waals surface area contributed by atoms with Gasteiger partial charge in [0.25, 0.3) is 0 Å². The van der Waals surface area contributed by atoms with Gasteiger partial charge in [0.2, 0.25) is 0 Å². The van der Waals surface area contributed by atoms with Gasteiger partial charge in [0.1, 0.15) is 0 Å². The molecule has 0 spiro atoms. The van der Waals surface area contributed by atoms with Crippen LogP contribution in [0.1, 0.15) is 11.1 Å². The van der Waals surface area contributed by atoms with Crippen molar-refractivity contribution >= 4 is 26.8 Å². The van der Waals surface area contributed by atoms with Gasteiger partial charge in [0.05, 0.1) is 17.5 Å². The zero-order valence-electron chi connectivity index (χ0n) is 10.7. The summed E-state index contributed by atoms with van der Waals surface area (Å²) in [6.45, 7) is 2.67. The Morgan fingerprint density at radius 1 is 1.32 bits per heavy atom. The lowest BCUT2D eigenvalue weighted by Crippen LogP contribution is -2.36. The van der Waals surface area contributed by atoms with Gasteiger partial charge in [-0.25, -0.2) is 8.42 Å². The zero-order valence-corrected chi connectivity index (χ0v) is 12.3. The molecule has 1 aromatic rings. The molecule has 102 valence electrons. The summed E-state index contributed by atoms with van der Waals surface area (Å²) in [7, 11) is -2.92. The maximum atomic E-state index is 11.7. The minimum atomic E-state index is -2.92. The summed E-state index contributed by atoms with van der Waals surface area (Å²) >= 11 is 1.40. The molecule has 0 amide bonds. The fourth-order valence-corrected chi connectivity index (χ4v) is 6.47. The third kappa shape index (κ3) is 2.51. The highest BCUT2D eigenvalue weighted by Crippen LogP contribution is 2.38. The van der Waals surface area contributed by atoms with Crippen LogP contribution in [0.5, 0.6) is 0 Å². The predicted octanol–water partition coefficient (Wildman–Crippen LogP) is 1.64. The van der Waals surface area contributed by atoms with Crippen molar-refractivity contribution in [2.24, 2.45) is 0 Å². The van der Waals surface area contributed by atoms with E-state index in [1.165, 1.54) is 17.3 Å². The largest absolute Gasteiger partial charge is 0.342 e. The summed E-state index contributed by atoms with van der Waals surface area (Å²) in [6, 6.07) is 8.16. The molecule has 4 nitrogen and oxygen atoms in total. The molecular formula is C13H16N2O2S2. The second kappa shape index (κ2) is 4.52. The maximum Gasteiger partial charge on any atom is 0.157 e. The fraction of sp³-hybridized carbons (Fsp3) is 0.462. The Bertz CT molecular complexity index is 610. The Kier molecular flexibility index (Phi) is 3.09. The number of benzene rings is 1. The number of nitrogens with one attached hydrogen (secondary N) is 1. The highest BCUT2D eigenvalue weighted by atomic mass is 32.2. The van der Waals surface area contributed by atoms with Crippen LogP contribution >= 0.6 is 11.8 Å². The van der Waals surface area contributed by atoms with Crippen LogP contribution in [-0.4, -0.2) is 41.3 Å². The van der Waals surface area contributed by atoms with E-state index in [1.54, 1.807) is 0 Å². The lowest BCUT2D eigenvalue weighted by molar-refractivity contribution is 0.349. The Labute approximate surface area is 117 Å². The Morgan fingerprint density at radius 3 is 2.68 bits per heavy atom. The van der Waals surface area contributed by atoms with E-state index in [9.17, 15) is 8.42 Å². The van der Waals surface area contributed by atoms with E-state index in [-0.39, 0.29) is 22.8 Å². The van der Waals surface area contributed by atoms with E-state index >= 15 is 0 Å². The SMILES string of the molecule is Cc1ccc(CN2C(=N)S[C@@H]3CS(=O)(=O)C[C@H]32)cc1. The summed E-state index contributed by atoms with van der Waals surface area (Å²) in [6.07, 6.45) is 0. The smallest absolute Gasteiger partial charge is 0.157 e. The van der Waals surface area contributed by atoms with Gasteiger partial charge in [0.15, 0.2) is 15.0 Å². The molecule has 0 radical (unpaired) electrons. The summed E-state index contributed by atoms with van der Waals surface area (Å²) < 4.78 is 23.4. The molecule has 1 N–H and O–H groups in total. The molecule has 2 saturated heterocycles. The van der Waals surface area contributed by atoms with Crippen LogP contribution in [0.15, 0.2) is 24.3 Å². The van der Waals surface area contributed by atoms with Crippen LogP contribution in [0.3, 0.4) is 0 Å². The lowest BCUT2D eigenvalue weighted by Gasteiger charge is -2.23. The number of fused-ring (bicyclic) bond motifs is 1. The molecule has 2 atom stereocenters. The molecule has 2 aliphatic heterocycles. The van der Waals surface area contributed by atoms with Crippen molar-refractivity contribution in [1.82, 2.24) is 4.90 Å². The molecule has 19 heavy (non-hydrogen) atoms. The fourth-order valence-electron chi connectivity index (χ4n) is 2.64. The number of aryl methyl sites for hydroxylation is 1. The first-order valence-corrected chi connectivity index (χ1v) is 8.92. The topological polar surface area (TPSA) is 61.2 Å². The standard InChI is InChI=1S/C13H16N2O2S2/c1-9-2-4-10(5-3-9)6-15-11-7-19(16,17)8-12(11)18-13(15)14/h2-5,11-12,14H,6-8H2,1H3/t11-,12-/m1/s1. The van der Waals surface area contributed by atoms with Crippen LogP contribution in [0.2, 0.25) is 0 Å². The van der Waals surface area contributed by atoms with Crippen molar-refractivity contribution in [3.05, 3.63) is 35.4 Å². The van der Waals surface area contributed by atoms with E-state index in [0.29, 0.717) is 11.7 Å². The summed E-state index contributed by atoms with van der Waals surface area (Å²) in [5.41, 5.74) is 2.33. The third-order valence-electron chi connectivity index (χ3n) is 3.67. The zero-order chi connectivity index (χ0) is 13.6. The van der Waals surface area contributed by atoms with E-state index in [1.807, 2.05) is 36.1 Å². The van der Waals surface area contributed by atoms with Crippen molar-refractivity contribution in [2.75, 3.05) is 11.5 Å². The molecule has 2 aliphatic rings. The number of amidine groups is 1. The van der Waals surface area contributed by atoms with Crippen molar-refractivity contribution in [3.63, 3.8) is 0 Å². The highest BCUT2D eigenvalue weighted by Gasteiger charge is 2.47. The van der Waals surface area contributed by atoms with Crippen molar-refractivity contribution in [2.45, 2.75) is 24.8 Å². The van der Waals surface area contributed by atoms with E-state index < -0.39 is 9.84 Å². The van der Waals surface area contributed by atoms with Crippen LogP contribution in [0, 0.1) is 12.3 Å². The minimum Gasteiger partial charge on any atom is -0.342 e. The van der Waals surface area contributed by atoms with E-state index in [4.69, 9.17) is 5.41 Å². The number of thioether (sulfide) groups is 1. The van der Waals surface area contributed by atoms with Crippen molar-refractivity contribution in [3.8, 4) is 0 Å². The van der Waals surface area contributed by atoms with E-state index in [0.717, 1.165) is 5.56 Å². The number of hydrogen-bond donors (Lipinski definition) is 1. The number of sulfone groups is 1. The van der Waals surface area contributed by atoms with Gasteiger partial charge in [0, 0.05) is 11.8 Å². The molecule has 6 heteroatoms. The lowest BCUT2D eigenvalue weighted by atomic mass is 10.1. The van der Waals surface area contributed by atoms with Gasteiger partial charge in [-0.15, -0.1) is 0 Å². The van der Waals surface area contributed by atoms with Crippen molar-refractivity contribution < 1.29 is 8.42 Å². The molecule has 2 fully saturated rings. The van der Waals surface area contributed by atoms with Crippen molar-refractivity contribution in [1.29, 1.82) is 5.41 Å². The maximum absolute atomic E-state index is 11.7. The Morgan fingerprint density at radius 2 is 2.00 bits per heavy atom. The normalized spacial score (nSPS) is 28.7.